The Morgan fingerprint density at radius 1 is 1.13 bits per heavy atom. The number of carbonyl (C=O) groups is 1. The van der Waals surface area contributed by atoms with Gasteiger partial charge >= 0.3 is 12.3 Å². The molecule has 0 saturated carbocycles. The second-order valence-corrected chi connectivity index (χ2v) is 18.0. The van der Waals surface area contributed by atoms with Crippen LogP contribution >= 0.6 is 11.3 Å². The molecule has 1 saturated heterocycles. The molecular weight excluding hydrogens is 554 g/mol. The van der Waals surface area contributed by atoms with Crippen molar-refractivity contribution >= 4 is 31.7 Å². The number of nitrogens with one attached hydrogen (secondary N) is 1. The zero-order valence-corrected chi connectivity index (χ0v) is 25.4. The Hall–Kier alpha value is -2.32. The Morgan fingerprint density at radius 2 is 1.74 bits per heavy atom. The van der Waals surface area contributed by atoms with Gasteiger partial charge < -0.3 is 19.4 Å². The number of piperidine rings is 1. The summed E-state index contributed by atoms with van der Waals surface area (Å²) in [6.45, 7) is 16.2. The zero-order chi connectivity index (χ0) is 29.4. The number of hydrogen-bond acceptors (Lipinski definition) is 8. The molecule has 39 heavy (non-hydrogen) atoms. The van der Waals surface area contributed by atoms with E-state index in [1.54, 1.807) is 25.7 Å². The van der Waals surface area contributed by atoms with Crippen molar-refractivity contribution in [1.82, 2.24) is 19.9 Å². The first-order valence-corrected chi connectivity index (χ1v) is 16.5. The van der Waals surface area contributed by atoms with E-state index < -0.39 is 48.3 Å². The van der Waals surface area contributed by atoms with Crippen molar-refractivity contribution in [3.8, 4) is 10.6 Å². The molecule has 3 heterocycles. The fraction of sp³-hybridized carbons (Fsp3) is 0.680. The second-order valence-electron chi connectivity index (χ2n) is 12.1. The third-order valence-corrected chi connectivity index (χ3v) is 12.3. The van der Waals surface area contributed by atoms with Crippen molar-refractivity contribution in [2.45, 2.75) is 96.9 Å². The standard InChI is InChI=1S/C25H37F4N5O3SSi/c1-23(2,3)37-22(35)34-11-9-15(10-12-34)31-21-30-13-16(26)18(33-21)19-20(25(27,28)29)32-17(38-19)14-36-39(7,8)24(4,5)6/h13,15H,9-12,14H2,1-8H3,(H,30,31,33). The lowest BCUT2D eigenvalue weighted by Crippen LogP contribution is -2.44. The maximum absolute atomic E-state index is 14.8. The van der Waals surface area contributed by atoms with Crippen molar-refractivity contribution < 1.29 is 31.5 Å². The predicted molar refractivity (Wildman–Crippen MR) is 145 cm³/mol. The predicted octanol–water partition coefficient (Wildman–Crippen LogP) is 7.09. The molecule has 0 atom stereocenters. The van der Waals surface area contributed by atoms with Crippen LogP contribution in [0.5, 0.6) is 0 Å². The van der Waals surface area contributed by atoms with Crippen LogP contribution in [-0.4, -0.2) is 59.0 Å². The van der Waals surface area contributed by atoms with Crippen LogP contribution in [0, 0.1) is 5.82 Å². The molecule has 8 nitrogen and oxygen atoms in total. The smallest absolute Gasteiger partial charge is 0.434 e. The van der Waals surface area contributed by atoms with Gasteiger partial charge in [-0.05, 0) is 51.7 Å². The molecule has 1 aliphatic heterocycles. The summed E-state index contributed by atoms with van der Waals surface area (Å²) >= 11 is 0.718. The minimum absolute atomic E-state index is 0.00251. The maximum Gasteiger partial charge on any atom is 0.434 e. The first-order chi connectivity index (χ1) is 17.8. The molecule has 1 N–H and O–H groups in total. The summed E-state index contributed by atoms with van der Waals surface area (Å²) in [5.41, 5.74) is -2.27. The molecule has 0 spiro atoms. The number of thiazole rings is 1. The molecule has 1 amide bonds. The van der Waals surface area contributed by atoms with Gasteiger partial charge in [0.25, 0.3) is 0 Å². The number of rotatable bonds is 6. The van der Waals surface area contributed by atoms with Gasteiger partial charge in [-0.2, -0.15) is 13.2 Å². The van der Waals surface area contributed by atoms with E-state index in [0.717, 1.165) is 17.5 Å². The van der Waals surface area contributed by atoms with Crippen molar-refractivity contribution in [1.29, 1.82) is 0 Å². The van der Waals surface area contributed by atoms with Crippen molar-refractivity contribution in [3.05, 3.63) is 22.7 Å². The lowest BCUT2D eigenvalue weighted by Gasteiger charge is -2.35. The summed E-state index contributed by atoms with van der Waals surface area (Å²) in [5, 5.41) is 3.03. The number of halogens is 4. The quantitative estimate of drug-likeness (QED) is 0.283. The largest absolute Gasteiger partial charge is 0.444 e. The normalized spacial score (nSPS) is 15.9. The van der Waals surface area contributed by atoms with Crippen LogP contribution in [0.3, 0.4) is 0 Å². The number of amides is 1. The van der Waals surface area contributed by atoms with Crippen LogP contribution < -0.4 is 5.32 Å². The van der Waals surface area contributed by atoms with Gasteiger partial charge in [-0.15, -0.1) is 11.3 Å². The van der Waals surface area contributed by atoms with E-state index in [4.69, 9.17) is 9.16 Å². The van der Waals surface area contributed by atoms with Gasteiger partial charge in [0, 0.05) is 19.1 Å². The lowest BCUT2D eigenvalue weighted by molar-refractivity contribution is -0.140. The Balaban J connectivity index is 1.78. The minimum atomic E-state index is -4.81. The van der Waals surface area contributed by atoms with Crippen molar-refractivity contribution in [2.24, 2.45) is 0 Å². The molecule has 14 heteroatoms. The van der Waals surface area contributed by atoms with Gasteiger partial charge in [0.05, 0.1) is 17.7 Å². The van der Waals surface area contributed by atoms with E-state index in [1.807, 2.05) is 33.9 Å². The molecule has 0 aromatic carbocycles. The number of likely N-dealkylation sites (tertiary alicyclic amines) is 1. The lowest BCUT2D eigenvalue weighted by atomic mass is 10.1. The summed E-state index contributed by atoms with van der Waals surface area (Å²) in [5.74, 6) is -0.978. The fourth-order valence-corrected chi connectivity index (χ4v) is 5.57. The molecular formula is C25H37F4N5O3SSi. The molecule has 1 aliphatic rings. The van der Waals surface area contributed by atoms with E-state index in [1.165, 1.54) is 0 Å². The number of anilines is 1. The van der Waals surface area contributed by atoms with E-state index in [-0.39, 0.29) is 28.6 Å². The monoisotopic (exact) mass is 591 g/mol. The summed E-state index contributed by atoms with van der Waals surface area (Å²) < 4.78 is 68.0. The van der Waals surface area contributed by atoms with E-state index in [0.29, 0.717) is 25.9 Å². The third kappa shape index (κ3) is 8.10. The van der Waals surface area contributed by atoms with Gasteiger partial charge in [0.1, 0.15) is 16.3 Å². The summed E-state index contributed by atoms with van der Waals surface area (Å²) in [6.07, 6.45) is -3.27. The van der Waals surface area contributed by atoms with Gasteiger partial charge in [-0.3, -0.25) is 0 Å². The van der Waals surface area contributed by atoms with E-state index in [9.17, 15) is 22.4 Å². The summed E-state index contributed by atoms with van der Waals surface area (Å²) in [4.78, 5) is 25.3. The first-order valence-electron chi connectivity index (χ1n) is 12.7. The molecule has 3 rings (SSSR count). The van der Waals surface area contributed by atoms with Gasteiger partial charge in [-0.25, -0.2) is 24.1 Å². The highest BCUT2D eigenvalue weighted by Crippen LogP contribution is 2.42. The van der Waals surface area contributed by atoms with Crippen LogP contribution in [0.1, 0.15) is 65.1 Å². The number of carbonyl (C=O) groups excluding carboxylic acids is 1. The van der Waals surface area contributed by atoms with E-state index >= 15 is 0 Å². The Labute approximate surface area is 231 Å². The highest BCUT2D eigenvalue weighted by atomic mass is 32.1. The van der Waals surface area contributed by atoms with Crippen molar-refractivity contribution in [3.63, 3.8) is 0 Å². The van der Waals surface area contributed by atoms with Gasteiger partial charge in [-0.1, -0.05) is 20.8 Å². The van der Waals surface area contributed by atoms with Gasteiger partial charge in [0.2, 0.25) is 5.95 Å². The second kappa shape index (κ2) is 11.3. The number of alkyl halides is 3. The molecule has 0 aliphatic carbocycles. The number of hydrogen-bond donors (Lipinski definition) is 1. The molecule has 2 aromatic heterocycles. The average molecular weight is 592 g/mol. The van der Waals surface area contributed by atoms with E-state index in [2.05, 4.69) is 20.3 Å². The molecule has 1 fully saturated rings. The maximum atomic E-state index is 14.8. The topological polar surface area (TPSA) is 89.5 Å². The van der Waals surface area contributed by atoms with Crippen molar-refractivity contribution in [2.75, 3.05) is 18.4 Å². The average Bonchev–Trinajstić information content (AvgIpc) is 3.22. The minimum Gasteiger partial charge on any atom is -0.444 e. The molecule has 0 radical (unpaired) electrons. The zero-order valence-electron chi connectivity index (χ0n) is 23.6. The Kier molecular flexibility index (Phi) is 9.02. The third-order valence-electron chi connectivity index (χ3n) is 6.74. The Bertz CT molecular complexity index is 1170. The fourth-order valence-electron chi connectivity index (χ4n) is 3.55. The highest BCUT2D eigenvalue weighted by Gasteiger charge is 2.41. The van der Waals surface area contributed by atoms with Crippen LogP contribution in [0.2, 0.25) is 18.1 Å². The number of ether oxygens (including phenoxy) is 1. The van der Waals surface area contributed by atoms with Crippen LogP contribution in [-0.2, 0) is 21.9 Å². The highest BCUT2D eigenvalue weighted by molar-refractivity contribution is 7.15. The van der Waals surface area contributed by atoms with Crippen LogP contribution in [0.15, 0.2) is 6.20 Å². The van der Waals surface area contributed by atoms with Gasteiger partial charge in [0.15, 0.2) is 19.8 Å². The SMILES string of the molecule is CC(C)(C)OC(=O)N1CCC(Nc2ncc(F)c(-c3sc(CO[Si](C)(C)C(C)(C)C)nc3C(F)(F)F)n2)CC1. The number of aromatic nitrogens is 3. The van der Waals surface area contributed by atoms with Crippen LogP contribution in [0.4, 0.5) is 28.3 Å². The summed E-state index contributed by atoms with van der Waals surface area (Å²) in [7, 11) is -2.25. The summed E-state index contributed by atoms with van der Waals surface area (Å²) in [6, 6.07) is -0.154. The molecule has 0 unspecified atom stereocenters. The molecule has 218 valence electrons. The Morgan fingerprint density at radius 3 is 2.28 bits per heavy atom. The molecule has 2 aromatic rings. The first kappa shape index (κ1) is 31.2. The molecule has 0 bridgehead atoms. The van der Waals surface area contributed by atoms with Crippen LogP contribution in [0.25, 0.3) is 10.6 Å². The number of nitrogens with zero attached hydrogens (tertiary/aromatic N) is 4.